The lowest BCUT2D eigenvalue weighted by Crippen LogP contribution is -2.39. The van der Waals surface area contributed by atoms with E-state index in [1.165, 1.54) is 6.20 Å². The summed E-state index contributed by atoms with van der Waals surface area (Å²) in [5.74, 6) is -0.365. The molecule has 8 heteroatoms. The second-order valence-corrected chi connectivity index (χ2v) is 6.13. The zero-order valence-corrected chi connectivity index (χ0v) is 14.1. The van der Waals surface area contributed by atoms with Gasteiger partial charge >= 0.3 is 6.18 Å². The molecular formula is C18H18F3N3O2. The molecule has 3 rings (SSSR count). The minimum absolute atomic E-state index is 0.0576. The van der Waals surface area contributed by atoms with Crippen molar-refractivity contribution in [2.75, 3.05) is 18.7 Å². The fraction of sp³-hybridized carbons (Fsp3) is 0.333. The van der Waals surface area contributed by atoms with Crippen LogP contribution in [0.25, 0.3) is 0 Å². The molecule has 1 aliphatic rings. The number of ether oxygens (including phenoxy) is 1. The third-order valence-corrected chi connectivity index (χ3v) is 3.94. The Morgan fingerprint density at radius 3 is 2.62 bits per heavy atom. The summed E-state index contributed by atoms with van der Waals surface area (Å²) in [6.07, 6.45) is -1.51. The van der Waals surface area contributed by atoms with Gasteiger partial charge in [-0.2, -0.15) is 13.2 Å². The molecule has 0 saturated heterocycles. The van der Waals surface area contributed by atoms with Gasteiger partial charge in [-0.15, -0.1) is 0 Å². The highest BCUT2D eigenvalue weighted by atomic mass is 19.4. The van der Waals surface area contributed by atoms with Gasteiger partial charge in [0.1, 0.15) is 0 Å². The van der Waals surface area contributed by atoms with Crippen molar-refractivity contribution < 1.29 is 22.7 Å². The third-order valence-electron chi connectivity index (χ3n) is 3.94. The molecule has 1 aromatic carbocycles. The van der Waals surface area contributed by atoms with Gasteiger partial charge in [-0.3, -0.25) is 15.2 Å². The number of para-hydroxylation sites is 1. The van der Waals surface area contributed by atoms with E-state index in [0.717, 1.165) is 18.5 Å². The molecule has 2 aromatic rings. The first-order valence-corrected chi connectivity index (χ1v) is 8.13. The maximum Gasteiger partial charge on any atom is 0.422 e. The summed E-state index contributed by atoms with van der Waals surface area (Å²) in [6.45, 7) is -1.40. The SMILES string of the molecule is CN(NC(=O)c1cnc(OCC(F)(F)F)c(C2CC2)c1)c1ccccc1. The number of rotatable bonds is 6. The summed E-state index contributed by atoms with van der Waals surface area (Å²) in [5.41, 5.74) is 4.32. The molecular weight excluding hydrogens is 347 g/mol. The molecule has 26 heavy (non-hydrogen) atoms. The molecule has 0 radical (unpaired) electrons. The van der Waals surface area contributed by atoms with Gasteiger partial charge in [0.25, 0.3) is 5.91 Å². The number of halogens is 3. The van der Waals surface area contributed by atoms with Crippen molar-refractivity contribution >= 4 is 11.6 Å². The van der Waals surface area contributed by atoms with Crippen LogP contribution in [0.4, 0.5) is 18.9 Å². The van der Waals surface area contributed by atoms with E-state index in [4.69, 9.17) is 4.74 Å². The fourth-order valence-corrected chi connectivity index (χ4v) is 2.48. The topological polar surface area (TPSA) is 54.5 Å². The van der Waals surface area contributed by atoms with E-state index in [9.17, 15) is 18.0 Å². The Bertz CT molecular complexity index is 777. The van der Waals surface area contributed by atoms with Crippen LogP contribution in [-0.2, 0) is 0 Å². The number of hydrogen-bond acceptors (Lipinski definition) is 4. The number of hydrogen-bond donors (Lipinski definition) is 1. The van der Waals surface area contributed by atoms with E-state index in [2.05, 4.69) is 10.4 Å². The van der Waals surface area contributed by atoms with Crippen molar-refractivity contribution in [1.29, 1.82) is 0 Å². The smallest absolute Gasteiger partial charge is 0.422 e. The van der Waals surface area contributed by atoms with Crippen molar-refractivity contribution in [3.63, 3.8) is 0 Å². The first-order valence-electron chi connectivity index (χ1n) is 8.13. The summed E-state index contributed by atoms with van der Waals surface area (Å²) in [6, 6.07) is 10.8. The van der Waals surface area contributed by atoms with E-state index < -0.39 is 18.7 Å². The van der Waals surface area contributed by atoms with Crippen molar-refractivity contribution in [3.8, 4) is 5.88 Å². The van der Waals surface area contributed by atoms with Crippen LogP contribution in [-0.4, -0.2) is 30.7 Å². The van der Waals surface area contributed by atoms with Gasteiger partial charge in [-0.05, 0) is 37.0 Å². The van der Waals surface area contributed by atoms with E-state index >= 15 is 0 Å². The number of nitrogens with zero attached hydrogens (tertiary/aromatic N) is 2. The summed E-state index contributed by atoms with van der Waals surface area (Å²) >= 11 is 0. The second kappa shape index (κ2) is 7.23. The summed E-state index contributed by atoms with van der Waals surface area (Å²) in [4.78, 5) is 16.4. The number of benzene rings is 1. The molecule has 1 saturated carbocycles. The van der Waals surface area contributed by atoms with Crippen LogP contribution in [0.3, 0.4) is 0 Å². The molecule has 0 bridgehead atoms. The number of amides is 1. The largest absolute Gasteiger partial charge is 0.468 e. The maximum atomic E-state index is 12.4. The Hall–Kier alpha value is -2.77. The van der Waals surface area contributed by atoms with E-state index in [0.29, 0.717) is 5.56 Å². The van der Waals surface area contributed by atoms with Crippen LogP contribution in [0.1, 0.15) is 34.7 Å². The Morgan fingerprint density at radius 2 is 2.00 bits per heavy atom. The van der Waals surface area contributed by atoms with Crippen molar-refractivity contribution in [2.45, 2.75) is 24.9 Å². The fourth-order valence-electron chi connectivity index (χ4n) is 2.48. The summed E-state index contributed by atoms with van der Waals surface area (Å²) in [7, 11) is 1.70. The number of carbonyl (C=O) groups excluding carboxylic acids is 1. The van der Waals surface area contributed by atoms with Crippen LogP contribution in [0, 0.1) is 0 Å². The standard InChI is InChI=1S/C18H18F3N3O2/c1-24(14-5-3-2-4-6-14)23-16(25)13-9-15(12-7-8-12)17(22-10-13)26-11-18(19,20)21/h2-6,9-10,12H,7-8,11H2,1H3,(H,23,25). The molecule has 1 N–H and O–H groups in total. The molecule has 1 heterocycles. The van der Waals surface area contributed by atoms with Crippen molar-refractivity contribution in [1.82, 2.24) is 10.4 Å². The lowest BCUT2D eigenvalue weighted by atomic mass is 10.1. The predicted octanol–water partition coefficient (Wildman–Crippen LogP) is 3.68. The normalized spacial score (nSPS) is 14.0. The highest BCUT2D eigenvalue weighted by Crippen LogP contribution is 2.44. The molecule has 5 nitrogen and oxygen atoms in total. The molecule has 0 spiro atoms. The number of aromatic nitrogens is 1. The number of hydrazine groups is 1. The lowest BCUT2D eigenvalue weighted by Gasteiger charge is -2.20. The molecule has 1 aliphatic carbocycles. The minimum Gasteiger partial charge on any atom is -0.468 e. The molecule has 0 unspecified atom stereocenters. The number of alkyl halides is 3. The van der Waals surface area contributed by atoms with Gasteiger partial charge < -0.3 is 4.74 Å². The third kappa shape index (κ3) is 4.65. The van der Waals surface area contributed by atoms with Crippen LogP contribution in [0.2, 0.25) is 0 Å². The van der Waals surface area contributed by atoms with Crippen LogP contribution in [0.15, 0.2) is 42.6 Å². The number of anilines is 1. The van der Waals surface area contributed by atoms with Crippen molar-refractivity contribution in [2.24, 2.45) is 0 Å². The average molecular weight is 365 g/mol. The van der Waals surface area contributed by atoms with Gasteiger partial charge in [-0.25, -0.2) is 4.98 Å². The molecule has 1 amide bonds. The van der Waals surface area contributed by atoms with E-state index in [-0.39, 0.29) is 17.4 Å². The molecule has 0 aliphatic heterocycles. The zero-order valence-electron chi connectivity index (χ0n) is 14.1. The van der Waals surface area contributed by atoms with E-state index in [1.807, 2.05) is 30.3 Å². The van der Waals surface area contributed by atoms with Crippen LogP contribution in [0.5, 0.6) is 5.88 Å². The van der Waals surface area contributed by atoms with Gasteiger partial charge in [0.2, 0.25) is 5.88 Å². The first-order chi connectivity index (χ1) is 12.3. The van der Waals surface area contributed by atoms with Crippen molar-refractivity contribution in [3.05, 3.63) is 53.7 Å². The Morgan fingerprint density at radius 1 is 1.31 bits per heavy atom. The summed E-state index contributed by atoms with van der Waals surface area (Å²) in [5, 5.41) is 1.56. The quantitative estimate of drug-likeness (QED) is 0.794. The first kappa shape index (κ1) is 18.0. The zero-order chi connectivity index (χ0) is 18.7. The Labute approximate surface area is 148 Å². The van der Waals surface area contributed by atoms with Crippen LogP contribution < -0.4 is 15.2 Å². The van der Waals surface area contributed by atoms with Gasteiger partial charge in [0.15, 0.2) is 6.61 Å². The monoisotopic (exact) mass is 365 g/mol. The van der Waals surface area contributed by atoms with E-state index in [1.54, 1.807) is 18.1 Å². The Kier molecular flexibility index (Phi) is 5.01. The van der Waals surface area contributed by atoms with Gasteiger partial charge in [-0.1, -0.05) is 18.2 Å². The molecule has 1 fully saturated rings. The van der Waals surface area contributed by atoms with Gasteiger partial charge in [0, 0.05) is 18.8 Å². The average Bonchev–Trinajstić information content (AvgIpc) is 3.45. The number of pyridine rings is 1. The highest BCUT2D eigenvalue weighted by molar-refractivity contribution is 5.95. The minimum atomic E-state index is -4.43. The second-order valence-electron chi connectivity index (χ2n) is 6.13. The summed E-state index contributed by atoms with van der Waals surface area (Å²) < 4.78 is 41.9. The molecule has 0 atom stereocenters. The molecule has 138 valence electrons. The predicted molar refractivity (Wildman–Crippen MR) is 90.1 cm³/mol. The van der Waals surface area contributed by atoms with Gasteiger partial charge in [0.05, 0.1) is 11.3 Å². The maximum absolute atomic E-state index is 12.4. The number of nitrogens with one attached hydrogen (secondary N) is 1. The molecule has 1 aromatic heterocycles. The lowest BCUT2D eigenvalue weighted by molar-refractivity contribution is -0.154. The van der Waals surface area contributed by atoms with Crippen LogP contribution >= 0.6 is 0 Å². The highest BCUT2D eigenvalue weighted by Gasteiger charge is 2.32. The Balaban J connectivity index is 1.73. The number of carbonyl (C=O) groups is 1.